The summed E-state index contributed by atoms with van der Waals surface area (Å²) < 4.78 is 4.96. The van der Waals surface area contributed by atoms with E-state index < -0.39 is 0 Å². The van der Waals surface area contributed by atoms with Crippen molar-refractivity contribution in [1.29, 1.82) is 0 Å². The quantitative estimate of drug-likeness (QED) is 0.735. The summed E-state index contributed by atoms with van der Waals surface area (Å²) in [6.07, 6.45) is 1.49. The summed E-state index contributed by atoms with van der Waals surface area (Å²) >= 11 is 1.67. The molecule has 0 N–H and O–H groups in total. The van der Waals surface area contributed by atoms with E-state index >= 15 is 0 Å². The van der Waals surface area contributed by atoms with Crippen molar-refractivity contribution >= 4 is 23.0 Å². The number of hydrogen-bond acceptors (Lipinski definition) is 4. The molecule has 0 bridgehead atoms. The minimum atomic E-state index is -0.114. The van der Waals surface area contributed by atoms with Crippen LogP contribution in [0.4, 0.5) is 5.69 Å². The van der Waals surface area contributed by atoms with Crippen LogP contribution in [0.3, 0.4) is 0 Å². The molecule has 1 aliphatic heterocycles. The summed E-state index contributed by atoms with van der Waals surface area (Å²) in [5.41, 5.74) is 2.63. The Hall–Kier alpha value is -1.03. The van der Waals surface area contributed by atoms with Gasteiger partial charge in [-0.25, -0.2) is 0 Å². The number of carbonyl (C=O) groups is 1. The molecule has 0 unspecified atom stereocenters. The van der Waals surface area contributed by atoms with Crippen molar-refractivity contribution in [2.45, 2.75) is 19.8 Å². The van der Waals surface area contributed by atoms with E-state index in [-0.39, 0.29) is 5.97 Å². The summed E-state index contributed by atoms with van der Waals surface area (Å²) in [5, 5.41) is 2.14. The molecule has 0 aliphatic carbocycles. The number of hydrogen-bond donors (Lipinski definition) is 0. The van der Waals surface area contributed by atoms with Crippen LogP contribution in [0.2, 0.25) is 0 Å². The molecule has 0 aromatic carbocycles. The minimum absolute atomic E-state index is 0.114. The highest BCUT2D eigenvalue weighted by atomic mass is 32.1. The predicted octanol–water partition coefficient (Wildman–Crippen LogP) is 1.85. The molecule has 1 aromatic heterocycles. The van der Waals surface area contributed by atoms with Gasteiger partial charge in [-0.2, -0.15) is 0 Å². The van der Waals surface area contributed by atoms with Gasteiger partial charge < -0.3 is 9.64 Å². The van der Waals surface area contributed by atoms with Gasteiger partial charge in [0.1, 0.15) is 0 Å². The molecule has 0 saturated heterocycles. The number of thiophene rings is 1. The topological polar surface area (TPSA) is 29.5 Å². The molecule has 2 heterocycles. The van der Waals surface area contributed by atoms with Crippen molar-refractivity contribution in [2.75, 3.05) is 25.1 Å². The van der Waals surface area contributed by atoms with Gasteiger partial charge in [-0.05, 0) is 18.9 Å². The molecule has 0 amide bonds. The smallest absolute Gasteiger partial charge is 0.311 e. The lowest BCUT2D eigenvalue weighted by molar-refractivity contribution is -0.142. The minimum Gasteiger partial charge on any atom is -0.466 e. The average molecular weight is 225 g/mol. The van der Waals surface area contributed by atoms with Crippen molar-refractivity contribution in [3.05, 3.63) is 15.8 Å². The fraction of sp³-hybridized carbons (Fsp3) is 0.545. The van der Waals surface area contributed by atoms with Gasteiger partial charge in [0.15, 0.2) is 0 Å². The number of rotatable bonds is 3. The van der Waals surface area contributed by atoms with Crippen molar-refractivity contribution in [2.24, 2.45) is 0 Å². The van der Waals surface area contributed by atoms with E-state index in [0.29, 0.717) is 13.0 Å². The van der Waals surface area contributed by atoms with E-state index in [0.717, 1.165) is 13.0 Å². The van der Waals surface area contributed by atoms with E-state index in [1.54, 1.807) is 11.3 Å². The Morgan fingerprint density at radius 3 is 3.20 bits per heavy atom. The zero-order chi connectivity index (χ0) is 10.8. The summed E-state index contributed by atoms with van der Waals surface area (Å²) in [6.45, 7) is 3.37. The van der Waals surface area contributed by atoms with E-state index in [1.807, 2.05) is 6.92 Å². The zero-order valence-electron chi connectivity index (χ0n) is 9.08. The SMILES string of the molecule is CCOC(=O)Cc1scc2c1CCN2C. The summed E-state index contributed by atoms with van der Waals surface area (Å²) in [7, 11) is 2.09. The molecule has 0 spiro atoms. The molecule has 1 aliphatic rings. The molecule has 2 rings (SSSR count). The molecule has 0 atom stereocenters. The maximum atomic E-state index is 11.4. The number of carbonyl (C=O) groups excluding carboxylic acids is 1. The molecule has 82 valence electrons. The molecule has 0 radical (unpaired) electrons. The van der Waals surface area contributed by atoms with Gasteiger partial charge >= 0.3 is 5.97 Å². The fourth-order valence-electron chi connectivity index (χ4n) is 1.89. The van der Waals surface area contributed by atoms with Crippen molar-refractivity contribution in [3.63, 3.8) is 0 Å². The van der Waals surface area contributed by atoms with Crippen molar-refractivity contribution < 1.29 is 9.53 Å². The van der Waals surface area contributed by atoms with Crippen LogP contribution in [-0.2, 0) is 22.4 Å². The Bertz CT molecular complexity index is 373. The lowest BCUT2D eigenvalue weighted by Gasteiger charge is -2.07. The molecular formula is C11H15NO2S. The molecule has 0 saturated carbocycles. The van der Waals surface area contributed by atoms with Crippen LogP contribution in [0.5, 0.6) is 0 Å². The van der Waals surface area contributed by atoms with Crippen molar-refractivity contribution in [3.8, 4) is 0 Å². The Labute approximate surface area is 93.7 Å². The van der Waals surface area contributed by atoms with Crippen LogP contribution in [0.15, 0.2) is 5.38 Å². The van der Waals surface area contributed by atoms with Crippen LogP contribution in [0.25, 0.3) is 0 Å². The standard InChI is InChI=1S/C11H15NO2S/c1-3-14-11(13)6-10-8-4-5-12(2)9(8)7-15-10/h7H,3-6H2,1-2H3. The zero-order valence-corrected chi connectivity index (χ0v) is 9.89. The number of esters is 1. The Kier molecular flexibility index (Phi) is 2.95. The van der Waals surface area contributed by atoms with Crippen molar-refractivity contribution in [1.82, 2.24) is 0 Å². The van der Waals surface area contributed by atoms with E-state index in [4.69, 9.17) is 4.74 Å². The van der Waals surface area contributed by atoms with Gasteiger partial charge in [-0.1, -0.05) is 0 Å². The molecule has 0 fully saturated rings. The fourth-order valence-corrected chi connectivity index (χ4v) is 3.02. The number of anilines is 1. The van der Waals surface area contributed by atoms with Crippen LogP contribution in [0.1, 0.15) is 17.4 Å². The van der Waals surface area contributed by atoms with Gasteiger partial charge in [0, 0.05) is 23.8 Å². The van der Waals surface area contributed by atoms with Crippen LogP contribution < -0.4 is 4.90 Å². The highest BCUT2D eigenvalue weighted by molar-refractivity contribution is 7.10. The van der Waals surface area contributed by atoms with Crippen LogP contribution in [-0.4, -0.2) is 26.2 Å². The summed E-state index contributed by atoms with van der Waals surface area (Å²) in [5.74, 6) is -0.114. The summed E-state index contributed by atoms with van der Waals surface area (Å²) in [4.78, 5) is 14.8. The maximum Gasteiger partial charge on any atom is 0.311 e. The first kappa shape index (κ1) is 10.5. The Morgan fingerprint density at radius 2 is 2.47 bits per heavy atom. The maximum absolute atomic E-state index is 11.4. The monoisotopic (exact) mass is 225 g/mol. The Balaban J connectivity index is 2.10. The van der Waals surface area contributed by atoms with E-state index in [1.165, 1.54) is 16.1 Å². The number of nitrogens with zero attached hydrogens (tertiary/aromatic N) is 1. The highest BCUT2D eigenvalue weighted by Gasteiger charge is 2.22. The first-order chi connectivity index (χ1) is 7.22. The van der Waals surface area contributed by atoms with Gasteiger partial charge in [0.05, 0.1) is 18.7 Å². The first-order valence-corrected chi connectivity index (χ1v) is 6.06. The first-order valence-electron chi connectivity index (χ1n) is 5.18. The second-order valence-electron chi connectivity index (χ2n) is 3.68. The lowest BCUT2D eigenvalue weighted by Crippen LogP contribution is -2.12. The molecule has 4 heteroatoms. The van der Waals surface area contributed by atoms with Crippen LogP contribution in [0, 0.1) is 0 Å². The summed E-state index contributed by atoms with van der Waals surface area (Å²) in [6, 6.07) is 0. The lowest BCUT2D eigenvalue weighted by atomic mass is 10.2. The number of likely N-dealkylation sites (N-methyl/N-ethyl adjacent to an activating group) is 1. The number of ether oxygens (including phenoxy) is 1. The Morgan fingerprint density at radius 1 is 1.67 bits per heavy atom. The third kappa shape index (κ3) is 2.00. The second-order valence-corrected chi connectivity index (χ2v) is 4.64. The van der Waals surface area contributed by atoms with Gasteiger partial charge in [0.2, 0.25) is 0 Å². The molecule has 15 heavy (non-hydrogen) atoms. The molecule has 1 aromatic rings. The largest absolute Gasteiger partial charge is 0.466 e. The average Bonchev–Trinajstić information content (AvgIpc) is 2.72. The van der Waals surface area contributed by atoms with Gasteiger partial charge in [0.25, 0.3) is 0 Å². The second kappa shape index (κ2) is 4.23. The van der Waals surface area contributed by atoms with E-state index in [9.17, 15) is 4.79 Å². The third-order valence-electron chi connectivity index (χ3n) is 2.68. The third-order valence-corrected chi connectivity index (χ3v) is 3.69. The highest BCUT2D eigenvalue weighted by Crippen LogP contribution is 2.35. The van der Waals surface area contributed by atoms with E-state index in [2.05, 4.69) is 17.3 Å². The van der Waals surface area contributed by atoms with Gasteiger partial charge in [-0.3, -0.25) is 4.79 Å². The molecule has 3 nitrogen and oxygen atoms in total. The molecular weight excluding hydrogens is 210 g/mol. The van der Waals surface area contributed by atoms with Crippen LogP contribution >= 0.6 is 11.3 Å². The van der Waals surface area contributed by atoms with Gasteiger partial charge in [-0.15, -0.1) is 11.3 Å². The normalized spacial score (nSPS) is 14.1. The predicted molar refractivity (Wildman–Crippen MR) is 61.6 cm³/mol. The number of fused-ring (bicyclic) bond motifs is 1.